The molecule has 1 saturated heterocycles. The zero-order valence-corrected chi connectivity index (χ0v) is 22.5. The Morgan fingerprint density at radius 3 is 2.39 bits per heavy atom. The van der Waals surface area contributed by atoms with Crippen LogP contribution >= 0.6 is 0 Å². The van der Waals surface area contributed by atoms with E-state index in [4.69, 9.17) is 5.73 Å². The van der Waals surface area contributed by atoms with E-state index in [0.29, 0.717) is 19.4 Å². The lowest BCUT2D eigenvalue weighted by Gasteiger charge is -2.51. The van der Waals surface area contributed by atoms with Gasteiger partial charge in [0.25, 0.3) is 5.91 Å². The number of phenols is 1. The van der Waals surface area contributed by atoms with Gasteiger partial charge in [-0.25, -0.2) is 0 Å². The Morgan fingerprint density at radius 2 is 1.85 bits per heavy atom. The van der Waals surface area contributed by atoms with E-state index < -0.39 is 105 Å². The van der Waals surface area contributed by atoms with Gasteiger partial charge in [-0.2, -0.15) is 13.2 Å². The second-order valence-electron chi connectivity index (χ2n) is 11.1. The van der Waals surface area contributed by atoms with Crippen LogP contribution in [0.5, 0.6) is 5.75 Å². The maximum atomic E-state index is 14.6. The minimum absolute atomic E-state index is 0.177. The normalized spacial score (nSPS) is 30.0. The van der Waals surface area contributed by atoms with Crippen molar-refractivity contribution in [2.24, 2.45) is 17.6 Å². The van der Waals surface area contributed by atoms with E-state index in [2.05, 4.69) is 5.32 Å². The van der Waals surface area contributed by atoms with Gasteiger partial charge in [0.05, 0.1) is 17.2 Å². The summed E-state index contributed by atoms with van der Waals surface area (Å²) in [6.45, 7) is 4.47. The van der Waals surface area contributed by atoms with E-state index in [1.807, 2.05) is 0 Å². The zero-order chi connectivity index (χ0) is 30.2. The number of nitrogens with one attached hydrogen (secondary N) is 1. The molecule has 0 spiro atoms. The number of carbonyl (C=O) groups excluding carboxylic acids is 3. The van der Waals surface area contributed by atoms with E-state index in [9.17, 15) is 48.0 Å². The van der Waals surface area contributed by atoms with Gasteiger partial charge in [0.1, 0.15) is 22.8 Å². The summed E-state index contributed by atoms with van der Waals surface area (Å²) in [6.07, 6.45) is -4.55. The molecule has 1 aromatic carbocycles. The standard InChI is InChI=1S/C28H32F3N3O7/c1-3-34(4-2)21-14-9-11-8-13-18(16(35)10-12(15-6-5-7-33-15)20(13)28(29,30)31)22(36)17(11)24(38)27(14,41)25(39)19(23(21)37)26(32)40/h10-11,14-15,21,33,35,37-38,41H,3-9H2,1-2H3,(H2,32,40)/t11-,14-,15?,21-,27-/m0/s1. The number of aliphatic hydroxyl groups excluding tert-OH is 2. The fourth-order valence-corrected chi connectivity index (χ4v) is 7.35. The molecule has 10 nitrogen and oxygen atoms in total. The first kappa shape index (κ1) is 29.1. The number of ketones is 2. The molecule has 0 bridgehead atoms. The fraction of sp³-hybridized carbons (Fsp3) is 0.536. The first-order valence-electron chi connectivity index (χ1n) is 13.6. The number of carbonyl (C=O) groups is 3. The largest absolute Gasteiger partial charge is 0.510 e. The molecule has 222 valence electrons. The summed E-state index contributed by atoms with van der Waals surface area (Å²) in [5.41, 5.74) is -1.21. The lowest BCUT2D eigenvalue weighted by Crippen LogP contribution is -2.64. The van der Waals surface area contributed by atoms with Gasteiger partial charge in [0.2, 0.25) is 5.78 Å². The second kappa shape index (κ2) is 9.85. The van der Waals surface area contributed by atoms with E-state index in [0.717, 1.165) is 6.07 Å². The van der Waals surface area contributed by atoms with Crippen molar-refractivity contribution in [2.45, 2.75) is 63.4 Å². The molecule has 1 unspecified atom stereocenters. The van der Waals surface area contributed by atoms with Crippen molar-refractivity contribution < 1.29 is 48.0 Å². The number of primary amides is 1. The number of allylic oxidation sites excluding steroid dienone is 1. The number of nitrogens with two attached hydrogens (primary N) is 1. The van der Waals surface area contributed by atoms with E-state index in [-0.39, 0.29) is 25.1 Å². The highest BCUT2D eigenvalue weighted by Crippen LogP contribution is 2.54. The quantitative estimate of drug-likeness (QED) is 0.286. The van der Waals surface area contributed by atoms with Crippen molar-refractivity contribution in [3.63, 3.8) is 0 Å². The summed E-state index contributed by atoms with van der Waals surface area (Å²) in [5.74, 6) is -8.86. The molecule has 0 radical (unpaired) electrons. The highest BCUT2D eigenvalue weighted by Gasteiger charge is 2.64. The maximum Gasteiger partial charge on any atom is 0.417 e. The number of hydrogen-bond donors (Lipinski definition) is 6. The number of aliphatic hydroxyl groups is 3. The van der Waals surface area contributed by atoms with Crippen LogP contribution in [0.4, 0.5) is 13.2 Å². The number of likely N-dealkylation sites (N-methyl/N-ethyl adjacent to an activating group) is 1. The Hall–Kier alpha value is -3.42. The molecule has 1 aliphatic heterocycles. The predicted molar refractivity (Wildman–Crippen MR) is 138 cm³/mol. The molecule has 13 heteroatoms. The number of phenolic OH excluding ortho intramolecular Hbond substituents is 1. The van der Waals surface area contributed by atoms with Gasteiger partial charge in [0.15, 0.2) is 11.4 Å². The van der Waals surface area contributed by atoms with Crippen LogP contribution < -0.4 is 11.1 Å². The van der Waals surface area contributed by atoms with Gasteiger partial charge < -0.3 is 31.5 Å². The van der Waals surface area contributed by atoms with Gasteiger partial charge in [0, 0.05) is 17.5 Å². The third-order valence-electron chi connectivity index (χ3n) is 9.12. The molecule has 1 amide bonds. The molecule has 3 aliphatic carbocycles. The van der Waals surface area contributed by atoms with Crippen LogP contribution in [-0.4, -0.2) is 74.1 Å². The number of nitrogens with zero attached hydrogens (tertiary/aromatic N) is 1. The Balaban J connectivity index is 1.75. The van der Waals surface area contributed by atoms with Crippen LogP contribution in [0.3, 0.4) is 0 Å². The van der Waals surface area contributed by atoms with Gasteiger partial charge >= 0.3 is 6.18 Å². The van der Waals surface area contributed by atoms with Crippen LogP contribution in [0.25, 0.3) is 0 Å². The lowest BCUT2D eigenvalue weighted by molar-refractivity contribution is -0.149. The summed E-state index contributed by atoms with van der Waals surface area (Å²) < 4.78 is 43.8. The summed E-state index contributed by atoms with van der Waals surface area (Å²) in [4.78, 5) is 41.1. The number of aromatic hydroxyl groups is 1. The monoisotopic (exact) mass is 579 g/mol. The third kappa shape index (κ3) is 4.08. The number of fused-ring (bicyclic) bond motifs is 3. The lowest BCUT2D eigenvalue weighted by atomic mass is 9.58. The van der Waals surface area contributed by atoms with Crippen molar-refractivity contribution in [2.75, 3.05) is 19.6 Å². The molecule has 5 atom stereocenters. The Bertz CT molecular complexity index is 1410. The topological polar surface area (TPSA) is 173 Å². The van der Waals surface area contributed by atoms with Gasteiger partial charge in [-0.15, -0.1) is 0 Å². The van der Waals surface area contributed by atoms with Gasteiger partial charge in [-0.3, -0.25) is 19.3 Å². The maximum absolute atomic E-state index is 14.6. The van der Waals surface area contributed by atoms with E-state index in [1.165, 1.54) is 0 Å². The molecule has 5 rings (SSSR count). The second-order valence-corrected chi connectivity index (χ2v) is 11.1. The Labute approximate surface area is 233 Å². The molecule has 1 heterocycles. The minimum atomic E-state index is -4.88. The zero-order valence-electron chi connectivity index (χ0n) is 22.5. The van der Waals surface area contributed by atoms with Crippen LogP contribution in [0.2, 0.25) is 0 Å². The van der Waals surface area contributed by atoms with E-state index in [1.54, 1.807) is 18.7 Å². The van der Waals surface area contributed by atoms with Crippen molar-refractivity contribution in [1.29, 1.82) is 0 Å². The summed E-state index contributed by atoms with van der Waals surface area (Å²) in [6, 6.07) is -0.980. The SMILES string of the molecule is CCN(CC)[C@@H]1C(O)=C(C(N)=O)C(=O)[C@@]2(O)C(O)=C3C(=O)c4c(O)cc(C5CCCN5)c(C(F)(F)F)c4C[C@H]3C[C@@H]12. The highest BCUT2D eigenvalue weighted by molar-refractivity contribution is 6.24. The molecule has 1 aromatic rings. The van der Waals surface area contributed by atoms with Crippen molar-refractivity contribution >= 4 is 17.5 Å². The van der Waals surface area contributed by atoms with Crippen LogP contribution in [0, 0.1) is 11.8 Å². The predicted octanol–water partition coefficient (Wildman–Crippen LogP) is 2.34. The first-order valence-corrected chi connectivity index (χ1v) is 13.6. The number of halogens is 3. The van der Waals surface area contributed by atoms with E-state index >= 15 is 0 Å². The van der Waals surface area contributed by atoms with Crippen molar-refractivity contribution in [1.82, 2.24) is 10.2 Å². The number of amides is 1. The highest BCUT2D eigenvalue weighted by atomic mass is 19.4. The number of Topliss-reactive ketones (excluding diaryl/α,β-unsaturated/α-hetero) is 2. The smallest absolute Gasteiger partial charge is 0.417 e. The summed E-state index contributed by atoms with van der Waals surface area (Å²) >= 11 is 0. The van der Waals surface area contributed by atoms with Crippen LogP contribution in [0.1, 0.15) is 66.2 Å². The molecular formula is C28H32F3N3O7. The fourth-order valence-electron chi connectivity index (χ4n) is 7.35. The molecular weight excluding hydrogens is 547 g/mol. The van der Waals surface area contributed by atoms with Gasteiger partial charge in [-0.05, 0) is 68.4 Å². The average molecular weight is 580 g/mol. The molecule has 7 N–H and O–H groups in total. The molecule has 4 aliphatic rings. The van der Waals surface area contributed by atoms with Gasteiger partial charge in [-0.1, -0.05) is 13.8 Å². The average Bonchev–Trinajstić information content (AvgIpc) is 3.42. The Kier molecular flexibility index (Phi) is 6.98. The number of alkyl halides is 3. The summed E-state index contributed by atoms with van der Waals surface area (Å²) in [5, 5.41) is 48.1. The minimum Gasteiger partial charge on any atom is -0.510 e. The Morgan fingerprint density at radius 1 is 1.20 bits per heavy atom. The number of benzene rings is 1. The number of rotatable bonds is 5. The molecule has 0 saturated carbocycles. The molecule has 0 aromatic heterocycles. The summed E-state index contributed by atoms with van der Waals surface area (Å²) in [7, 11) is 0. The van der Waals surface area contributed by atoms with Crippen LogP contribution in [-0.2, 0) is 22.2 Å². The first-order chi connectivity index (χ1) is 19.2. The van der Waals surface area contributed by atoms with Crippen molar-refractivity contribution in [3.8, 4) is 5.75 Å². The van der Waals surface area contributed by atoms with Crippen LogP contribution in [0.15, 0.2) is 28.7 Å². The molecule has 41 heavy (non-hydrogen) atoms. The molecule has 1 fully saturated rings. The third-order valence-corrected chi connectivity index (χ3v) is 9.12. The number of hydrogen-bond acceptors (Lipinski definition) is 9. The van der Waals surface area contributed by atoms with Crippen molar-refractivity contribution in [3.05, 3.63) is 51.0 Å².